The fourth-order valence-corrected chi connectivity index (χ4v) is 1.02. The van der Waals surface area contributed by atoms with Gasteiger partial charge in [-0.15, -0.1) is 0 Å². The van der Waals surface area contributed by atoms with Crippen LogP contribution in [0.4, 0.5) is 0 Å². The van der Waals surface area contributed by atoms with Gasteiger partial charge in [-0.1, -0.05) is 0 Å². The van der Waals surface area contributed by atoms with Gasteiger partial charge in [-0.2, -0.15) is 5.10 Å². The van der Waals surface area contributed by atoms with Crippen LogP contribution in [-0.4, -0.2) is 29.5 Å². The van der Waals surface area contributed by atoms with Crippen LogP contribution in [-0.2, 0) is 11.3 Å². The van der Waals surface area contributed by atoms with E-state index in [4.69, 9.17) is 4.74 Å². The summed E-state index contributed by atoms with van der Waals surface area (Å²) in [5.41, 5.74) is 1.17. The largest absolute Gasteiger partial charge is 0.380 e. The average Bonchev–Trinajstić information content (AvgIpc) is 2.64. The van der Waals surface area contributed by atoms with Gasteiger partial charge in [0.15, 0.2) is 0 Å². The zero-order chi connectivity index (χ0) is 9.52. The Morgan fingerprint density at radius 2 is 2.54 bits per heavy atom. The van der Waals surface area contributed by atoms with E-state index in [2.05, 4.69) is 22.4 Å². The molecule has 0 aliphatic rings. The molecular weight excluding hydrogens is 166 g/mol. The van der Waals surface area contributed by atoms with E-state index in [0.29, 0.717) is 6.04 Å². The molecule has 0 saturated carbocycles. The molecular formula is C9H17N3O. The number of nitrogens with zero attached hydrogens (tertiary/aromatic N) is 1. The maximum atomic E-state index is 5.28. The van der Waals surface area contributed by atoms with Crippen molar-refractivity contribution in [3.05, 3.63) is 18.0 Å². The zero-order valence-corrected chi connectivity index (χ0v) is 8.21. The topological polar surface area (TPSA) is 49.9 Å². The second-order valence-corrected chi connectivity index (χ2v) is 3.05. The minimum Gasteiger partial charge on any atom is -0.380 e. The molecule has 1 aromatic rings. The fraction of sp³-hybridized carbons (Fsp3) is 0.667. The molecule has 0 aromatic carbocycles. The fourth-order valence-electron chi connectivity index (χ4n) is 1.02. The van der Waals surface area contributed by atoms with E-state index in [0.717, 1.165) is 19.8 Å². The second-order valence-electron chi connectivity index (χ2n) is 3.05. The molecule has 1 atom stereocenters. The predicted octanol–water partition coefficient (Wildman–Crippen LogP) is 0.924. The molecule has 4 heteroatoms. The molecule has 1 heterocycles. The van der Waals surface area contributed by atoms with Crippen molar-refractivity contribution >= 4 is 0 Å². The van der Waals surface area contributed by atoms with Gasteiger partial charge in [-0.3, -0.25) is 5.10 Å². The maximum absolute atomic E-state index is 5.28. The molecule has 2 N–H and O–H groups in total. The van der Waals surface area contributed by atoms with Crippen molar-refractivity contribution in [3.8, 4) is 0 Å². The summed E-state index contributed by atoms with van der Waals surface area (Å²) in [5.74, 6) is 0. The van der Waals surface area contributed by atoms with Crippen LogP contribution in [0.25, 0.3) is 0 Å². The van der Waals surface area contributed by atoms with E-state index in [1.807, 2.05) is 19.3 Å². The first-order valence-corrected chi connectivity index (χ1v) is 4.61. The highest BCUT2D eigenvalue weighted by Crippen LogP contribution is 1.94. The molecule has 4 nitrogen and oxygen atoms in total. The SMILES string of the molecule is CCOCC(C)NCc1cn[nH]c1. The lowest BCUT2D eigenvalue weighted by Gasteiger charge is -2.12. The number of ether oxygens (including phenoxy) is 1. The smallest absolute Gasteiger partial charge is 0.0616 e. The first-order chi connectivity index (χ1) is 6.33. The number of nitrogens with one attached hydrogen (secondary N) is 2. The Morgan fingerprint density at radius 1 is 1.69 bits per heavy atom. The summed E-state index contributed by atoms with van der Waals surface area (Å²) in [7, 11) is 0. The standard InChI is InChI=1S/C9H17N3O/c1-3-13-7-8(2)10-4-9-5-11-12-6-9/h5-6,8,10H,3-4,7H2,1-2H3,(H,11,12). The highest BCUT2D eigenvalue weighted by atomic mass is 16.5. The summed E-state index contributed by atoms with van der Waals surface area (Å²) in [5, 5.41) is 9.98. The summed E-state index contributed by atoms with van der Waals surface area (Å²) in [6.45, 7) is 6.48. The van der Waals surface area contributed by atoms with Crippen LogP contribution in [0.15, 0.2) is 12.4 Å². The lowest BCUT2D eigenvalue weighted by molar-refractivity contribution is 0.127. The van der Waals surface area contributed by atoms with Crippen LogP contribution in [0.1, 0.15) is 19.4 Å². The van der Waals surface area contributed by atoms with Crippen molar-refractivity contribution in [2.24, 2.45) is 0 Å². The summed E-state index contributed by atoms with van der Waals surface area (Å²) in [4.78, 5) is 0. The maximum Gasteiger partial charge on any atom is 0.0616 e. The first-order valence-electron chi connectivity index (χ1n) is 4.61. The summed E-state index contributed by atoms with van der Waals surface area (Å²) >= 11 is 0. The van der Waals surface area contributed by atoms with Gasteiger partial charge >= 0.3 is 0 Å². The normalized spacial score (nSPS) is 13.1. The van der Waals surface area contributed by atoms with Gasteiger partial charge in [0.2, 0.25) is 0 Å². The minimum absolute atomic E-state index is 0.384. The Morgan fingerprint density at radius 3 is 3.15 bits per heavy atom. The predicted molar refractivity (Wildman–Crippen MR) is 51.4 cm³/mol. The Labute approximate surface area is 78.7 Å². The Balaban J connectivity index is 2.11. The van der Waals surface area contributed by atoms with Crippen LogP contribution in [0, 0.1) is 0 Å². The van der Waals surface area contributed by atoms with E-state index in [1.165, 1.54) is 5.56 Å². The molecule has 1 aromatic heterocycles. The average molecular weight is 183 g/mol. The lowest BCUT2D eigenvalue weighted by Crippen LogP contribution is -2.29. The minimum atomic E-state index is 0.384. The lowest BCUT2D eigenvalue weighted by atomic mass is 10.3. The van der Waals surface area contributed by atoms with Gasteiger partial charge < -0.3 is 10.1 Å². The molecule has 1 unspecified atom stereocenters. The third-order valence-electron chi connectivity index (χ3n) is 1.78. The van der Waals surface area contributed by atoms with E-state index >= 15 is 0 Å². The molecule has 0 saturated heterocycles. The third-order valence-corrected chi connectivity index (χ3v) is 1.78. The Hall–Kier alpha value is -0.870. The van der Waals surface area contributed by atoms with Crippen molar-refractivity contribution in [2.45, 2.75) is 26.4 Å². The Kier molecular flexibility index (Phi) is 4.49. The highest BCUT2D eigenvalue weighted by Gasteiger charge is 2.00. The van der Waals surface area contributed by atoms with Crippen LogP contribution in [0.3, 0.4) is 0 Å². The van der Waals surface area contributed by atoms with E-state index in [1.54, 1.807) is 0 Å². The van der Waals surface area contributed by atoms with Crippen LogP contribution in [0.2, 0.25) is 0 Å². The Bertz CT molecular complexity index is 211. The molecule has 74 valence electrons. The number of rotatable bonds is 6. The molecule has 13 heavy (non-hydrogen) atoms. The van der Waals surface area contributed by atoms with Gasteiger partial charge in [-0.05, 0) is 13.8 Å². The van der Waals surface area contributed by atoms with Crippen molar-refractivity contribution in [1.82, 2.24) is 15.5 Å². The van der Waals surface area contributed by atoms with Gasteiger partial charge in [0.1, 0.15) is 0 Å². The molecule has 0 aliphatic carbocycles. The van der Waals surface area contributed by atoms with Gasteiger partial charge in [0.25, 0.3) is 0 Å². The van der Waals surface area contributed by atoms with Crippen LogP contribution in [0.5, 0.6) is 0 Å². The first kappa shape index (κ1) is 10.2. The molecule has 0 fully saturated rings. The van der Waals surface area contributed by atoms with E-state index in [-0.39, 0.29) is 0 Å². The second kappa shape index (κ2) is 5.72. The quantitative estimate of drug-likeness (QED) is 0.689. The van der Waals surface area contributed by atoms with Crippen molar-refractivity contribution in [1.29, 1.82) is 0 Å². The molecule has 0 aliphatic heterocycles. The summed E-state index contributed by atoms with van der Waals surface area (Å²) in [6, 6.07) is 0.384. The highest BCUT2D eigenvalue weighted by molar-refractivity contribution is 5.01. The monoisotopic (exact) mass is 183 g/mol. The van der Waals surface area contributed by atoms with Crippen molar-refractivity contribution in [3.63, 3.8) is 0 Å². The van der Waals surface area contributed by atoms with Crippen molar-refractivity contribution < 1.29 is 4.74 Å². The van der Waals surface area contributed by atoms with E-state index in [9.17, 15) is 0 Å². The number of aromatic nitrogens is 2. The third kappa shape index (κ3) is 4.05. The molecule has 0 amide bonds. The van der Waals surface area contributed by atoms with Gasteiger partial charge in [0, 0.05) is 31.0 Å². The summed E-state index contributed by atoms with van der Waals surface area (Å²) < 4.78 is 5.28. The molecule has 1 rings (SSSR count). The van der Waals surface area contributed by atoms with E-state index < -0.39 is 0 Å². The summed E-state index contributed by atoms with van der Waals surface area (Å²) in [6.07, 6.45) is 3.71. The van der Waals surface area contributed by atoms with Gasteiger partial charge in [-0.25, -0.2) is 0 Å². The number of hydrogen-bond acceptors (Lipinski definition) is 3. The molecule has 0 radical (unpaired) electrons. The van der Waals surface area contributed by atoms with Crippen molar-refractivity contribution in [2.75, 3.05) is 13.2 Å². The number of H-pyrrole nitrogens is 1. The molecule has 0 bridgehead atoms. The zero-order valence-electron chi connectivity index (χ0n) is 8.21. The number of hydrogen-bond donors (Lipinski definition) is 2. The van der Waals surface area contributed by atoms with Crippen LogP contribution < -0.4 is 5.32 Å². The van der Waals surface area contributed by atoms with Gasteiger partial charge in [0.05, 0.1) is 12.8 Å². The number of aromatic amines is 1. The molecule has 0 spiro atoms. The van der Waals surface area contributed by atoms with Crippen LogP contribution >= 0.6 is 0 Å².